The second-order valence-electron chi connectivity index (χ2n) is 4.03. The predicted molar refractivity (Wildman–Crippen MR) is 72.6 cm³/mol. The zero-order chi connectivity index (χ0) is 13.7. The SMILES string of the molecule is CC(N)CCC(=O)Nc1c(Br)cccc1C(=O)O. The molecule has 1 rings (SSSR count). The van der Waals surface area contributed by atoms with Crippen LogP contribution in [-0.4, -0.2) is 23.0 Å². The van der Waals surface area contributed by atoms with Crippen LogP contribution in [0.15, 0.2) is 22.7 Å². The van der Waals surface area contributed by atoms with Crippen LogP contribution in [0.5, 0.6) is 0 Å². The molecule has 1 aromatic rings. The number of carboxylic acids is 1. The third kappa shape index (κ3) is 4.12. The lowest BCUT2D eigenvalue weighted by molar-refractivity contribution is -0.116. The third-order valence-electron chi connectivity index (χ3n) is 2.34. The van der Waals surface area contributed by atoms with Gasteiger partial charge in [-0.3, -0.25) is 4.79 Å². The van der Waals surface area contributed by atoms with Crippen LogP contribution in [0.2, 0.25) is 0 Å². The van der Waals surface area contributed by atoms with Crippen LogP contribution in [0.25, 0.3) is 0 Å². The van der Waals surface area contributed by atoms with E-state index >= 15 is 0 Å². The molecule has 1 amide bonds. The Hall–Kier alpha value is -1.40. The molecule has 18 heavy (non-hydrogen) atoms. The van der Waals surface area contributed by atoms with E-state index in [0.717, 1.165) is 0 Å². The van der Waals surface area contributed by atoms with Gasteiger partial charge in [0.05, 0.1) is 11.3 Å². The van der Waals surface area contributed by atoms with Gasteiger partial charge < -0.3 is 16.2 Å². The smallest absolute Gasteiger partial charge is 0.337 e. The molecule has 1 aromatic carbocycles. The van der Waals surface area contributed by atoms with E-state index in [1.165, 1.54) is 6.07 Å². The molecule has 0 heterocycles. The molecule has 6 heteroatoms. The molecule has 0 radical (unpaired) electrons. The molecule has 0 aliphatic carbocycles. The highest BCUT2D eigenvalue weighted by Crippen LogP contribution is 2.26. The molecule has 0 spiro atoms. The summed E-state index contributed by atoms with van der Waals surface area (Å²) in [4.78, 5) is 22.7. The van der Waals surface area contributed by atoms with Crippen molar-refractivity contribution in [2.75, 3.05) is 5.32 Å². The Labute approximate surface area is 113 Å². The molecule has 0 aliphatic rings. The summed E-state index contributed by atoms with van der Waals surface area (Å²) in [6.45, 7) is 1.81. The normalized spacial score (nSPS) is 11.9. The molecule has 0 aliphatic heterocycles. The third-order valence-corrected chi connectivity index (χ3v) is 3.00. The fourth-order valence-corrected chi connectivity index (χ4v) is 1.86. The first-order valence-electron chi connectivity index (χ1n) is 5.49. The topological polar surface area (TPSA) is 92.4 Å². The minimum absolute atomic E-state index is 0.0542. The number of aromatic carboxylic acids is 1. The minimum Gasteiger partial charge on any atom is -0.478 e. The number of anilines is 1. The molecule has 0 fully saturated rings. The van der Waals surface area contributed by atoms with Gasteiger partial charge in [-0.05, 0) is 41.4 Å². The average molecular weight is 315 g/mol. The molecule has 1 unspecified atom stereocenters. The zero-order valence-corrected chi connectivity index (χ0v) is 11.5. The number of benzene rings is 1. The van der Waals surface area contributed by atoms with E-state index in [1.54, 1.807) is 12.1 Å². The second-order valence-corrected chi connectivity index (χ2v) is 4.89. The number of carbonyl (C=O) groups is 2. The standard InChI is InChI=1S/C12H15BrN2O3/c1-7(14)5-6-10(16)15-11-8(12(17)18)3-2-4-9(11)13/h2-4,7H,5-6,14H2,1H3,(H,15,16)(H,17,18). The minimum atomic E-state index is -1.08. The maximum Gasteiger partial charge on any atom is 0.337 e. The highest BCUT2D eigenvalue weighted by Gasteiger charge is 2.15. The summed E-state index contributed by atoms with van der Waals surface area (Å²) in [5.41, 5.74) is 5.89. The van der Waals surface area contributed by atoms with Gasteiger partial charge in [-0.15, -0.1) is 0 Å². The van der Waals surface area contributed by atoms with Gasteiger partial charge in [0.1, 0.15) is 0 Å². The first-order chi connectivity index (χ1) is 8.41. The Morgan fingerprint density at radius 3 is 2.72 bits per heavy atom. The van der Waals surface area contributed by atoms with Gasteiger partial charge in [0.25, 0.3) is 0 Å². The Morgan fingerprint density at radius 1 is 1.50 bits per heavy atom. The molecular weight excluding hydrogens is 300 g/mol. The summed E-state index contributed by atoms with van der Waals surface area (Å²) in [5.74, 6) is -1.33. The Morgan fingerprint density at radius 2 is 2.17 bits per heavy atom. The quantitative estimate of drug-likeness (QED) is 0.777. The molecule has 0 bridgehead atoms. The maximum atomic E-state index is 11.7. The van der Waals surface area contributed by atoms with Gasteiger partial charge in [0, 0.05) is 16.9 Å². The second kappa shape index (κ2) is 6.51. The number of amides is 1. The Bertz CT molecular complexity index is 461. The largest absolute Gasteiger partial charge is 0.478 e. The van der Waals surface area contributed by atoms with E-state index in [0.29, 0.717) is 10.9 Å². The van der Waals surface area contributed by atoms with E-state index in [2.05, 4.69) is 21.2 Å². The number of nitrogens with one attached hydrogen (secondary N) is 1. The van der Waals surface area contributed by atoms with Crippen LogP contribution in [-0.2, 0) is 4.79 Å². The summed E-state index contributed by atoms with van der Waals surface area (Å²) >= 11 is 3.22. The molecule has 5 nitrogen and oxygen atoms in total. The van der Waals surface area contributed by atoms with Crippen LogP contribution >= 0.6 is 15.9 Å². The molecule has 4 N–H and O–H groups in total. The van der Waals surface area contributed by atoms with Gasteiger partial charge in [-0.1, -0.05) is 6.07 Å². The van der Waals surface area contributed by atoms with Crippen molar-refractivity contribution in [1.29, 1.82) is 0 Å². The van der Waals surface area contributed by atoms with Crippen LogP contribution in [0, 0.1) is 0 Å². The van der Waals surface area contributed by atoms with Gasteiger partial charge >= 0.3 is 5.97 Å². The fourth-order valence-electron chi connectivity index (χ4n) is 1.39. The van der Waals surface area contributed by atoms with E-state index < -0.39 is 5.97 Å². The zero-order valence-electron chi connectivity index (χ0n) is 9.94. The predicted octanol–water partition coefficient (Wildman–Crippen LogP) is 2.21. The van der Waals surface area contributed by atoms with E-state index in [9.17, 15) is 9.59 Å². The molecule has 1 atom stereocenters. The van der Waals surface area contributed by atoms with Crippen LogP contribution in [0.3, 0.4) is 0 Å². The number of carbonyl (C=O) groups excluding carboxylic acids is 1. The molecule has 0 aromatic heterocycles. The number of halogens is 1. The number of hydrogen-bond donors (Lipinski definition) is 3. The monoisotopic (exact) mass is 314 g/mol. The lowest BCUT2D eigenvalue weighted by atomic mass is 10.1. The fraction of sp³-hybridized carbons (Fsp3) is 0.333. The van der Waals surface area contributed by atoms with Gasteiger partial charge in [0.2, 0.25) is 5.91 Å². The Balaban J connectivity index is 2.83. The average Bonchev–Trinajstić information content (AvgIpc) is 2.28. The van der Waals surface area contributed by atoms with Crippen LogP contribution in [0.1, 0.15) is 30.1 Å². The maximum absolute atomic E-state index is 11.7. The van der Waals surface area contributed by atoms with Crippen molar-refractivity contribution in [2.45, 2.75) is 25.8 Å². The summed E-state index contributed by atoms with van der Waals surface area (Å²) in [6.07, 6.45) is 0.816. The molecular formula is C12H15BrN2O3. The first kappa shape index (κ1) is 14.7. The molecule has 0 saturated heterocycles. The lowest BCUT2D eigenvalue weighted by Crippen LogP contribution is -2.20. The van der Waals surface area contributed by atoms with Crippen molar-refractivity contribution in [2.24, 2.45) is 5.73 Å². The summed E-state index contributed by atoms with van der Waals surface area (Å²) in [6, 6.07) is 4.65. The van der Waals surface area contributed by atoms with E-state index in [1.807, 2.05) is 6.92 Å². The van der Waals surface area contributed by atoms with Crippen LogP contribution < -0.4 is 11.1 Å². The highest BCUT2D eigenvalue weighted by atomic mass is 79.9. The number of carboxylic acid groups (broad SMARTS) is 1. The lowest BCUT2D eigenvalue weighted by Gasteiger charge is -2.11. The summed E-state index contributed by atoms with van der Waals surface area (Å²) in [7, 11) is 0. The highest BCUT2D eigenvalue weighted by molar-refractivity contribution is 9.10. The van der Waals surface area contributed by atoms with Gasteiger partial charge in [-0.2, -0.15) is 0 Å². The van der Waals surface area contributed by atoms with Crippen molar-refractivity contribution < 1.29 is 14.7 Å². The van der Waals surface area contributed by atoms with Crippen molar-refractivity contribution >= 4 is 33.5 Å². The van der Waals surface area contributed by atoms with Crippen molar-refractivity contribution in [3.63, 3.8) is 0 Å². The molecule has 0 saturated carbocycles. The number of hydrogen-bond acceptors (Lipinski definition) is 3. The number of rotatable bonds is 5. The number of para-hydroxylation sites is 1. The van der Waals surface area contributed by atoms with Crippen molar-refractivity contribution in [3.05, 3.63) is 28.2 Å². The van der Waals surface area contributed by atoms with Crippen molar-refractivity contribution in [3.8, 4) is 0 Å². The summed E-state index contributed by atoms with van der Waals surface area (Å²) in [5, 5.41) is 11.6. The molecule has 98 valence electrons. The summed E-state index contributed by atoms with van der Waals surface area (Å²) < 4.78 is 0.538. The van der Waals surface area contributed by atoms with E-state index in [-0.39, 0.29) is 29.6 Å². The first-order valence-corrected chi connectivity index (χ1v) is 6.28. The number of nitrogens with two attached hydrogens (primary N) is 1. The van der Waals surface area contributed by atoms with E-state index in [4.69, 9.17) is 10.8 Å². The van der Waals surface area contributed by atoms with Gasteiger partial charge in [0.15, 0.2) is 0 Å². The van der Waals surface area contributed by atoms with Crippen molar-refractivity contribution in [1.82, 2.24) is 0 Å². The van der Waals surface area contributed by atoms with Crippen LogP contribution in [0.4, 0.5) is 5.69 Å². The van der Waals surface area contributed by atoms with Gasteiger partial charge in [-0.25, -0.2) is 4.79 Å². The Kier molecular flexibility index (Phi) is 5.30.